The van der Waals surface area contributed by atoms with Gasteiger partial charge in [0.25, 0.3) is 5.91 Å². The summed E-state index contributed by atoms with van der Waals surface area (Å²) in [5.41, 5.74) is -0.122. The largest absolute Gasteiger partial charge is 0.419 e. The second kappa shape index (κ2) is 9.84. The highest BCUT2D eigenvalue weighted by atomic mass is 19.4. The van der Waals surface area contributed by atoms with Crippen LogP contribution in [0.1, 0.15) is 40.2 Å². The van der Waals surface area contributed by atoms with Crippen LogP contribution in [-0.2, 0) is 19.3 Å². The second-order valence-corrected chi connectivity index (χ2v) is 8.24. The lowest BCUT2D eigenvalue weighted by Gasteiger charge is -2.21. The molecule has 8 nitrogen and oxygen atoms in total. The second-order valence-electron chi connectivity index (χ2n) is 8.24. The van der Waals surface area contributed by atoms with Crippen molar-refractivity contribution in [1.29, 1.82) is 0 Å². The first-order chi connectivity index (χ1) is 16.2. The molecule has 34 heavy (non-hydrogen) atoms. The minimum absolute atomic E-state index is 0.0582. The zero-order valence-corrected chi connectivity index (χ0v) is 18.4. The Bertz CT molecular complexity index is 1170. The zero-order valence-electron chi connectivity index (χ0n) is 18.4. The number of benzene rings is 1. The quantitative estimate of drug-likeness (QED) is 0.530. The van der Waals surface area contributed by atoms with E-state index in [1.54, 1.807) is 17.8 Å². The summed E-state index contributed by atoms with van der Waals surface area (Å²) in [6, 6.07) is 5.81. The van der Waals surface area contributed by atoms with Crippen molar-refractivity contribution in [2.45, 2.75) is 39.0 Å². The summed E-state index contributed by atoms with van der Waals surface area (Å²) in [6.07, 6.45) is -2.75. The number of hydrogen-bond acceptors (Lipinski definition) is 6. The van der Waals surface area contributed by atoms with Crippen LogP contribution < -0.4 is 10.6 Å². The van der Waals surface area contributed by atoms with Crippen molar-refractivity contribution in [1.82, 2.24) is 35.8 Å². The van der Waals surface area contributed by atoms with E-state index in [1.807, 2.05) is 0 Å². The van der Waals surface area contributed by atoms with Gasteiger partial charge in [0.1, 0.15) is 11.5 Å². The molecule has 3 heterocycles. The van der Waals surface area contributed by atoms with Gasteiger partial charge in [-0.3, -0.25) is 4.79 Å². The predicted molar refractivity (Wildman–Crippen MR) is 114 cm³/mol. The van der Waals surface area contributed by atoms with Gasteiger partial charge in [-0.15, -0.1) is 10.2 Å². The van der Waals surface area contributed by atoms with Crippen LogP contribution in [-0.4, -0.2) is 44.2 Å². The van der Waals surface area contributed by atoms with Crippen LogP contribution in [0.15, 0.2) is 30.3 Å². The lowest BCUT2D eigenvalue weighted by Crippen LogP contribution is -2.30. The first-order valence-corrected chi connectivity index (χ1v) is 10.8. The number of aryl methyl sites for hydroxylation is 1. The normalized spacial score (nSPS) is 14.9. The summed E-state index contributed by atoms with van der Waals surface area (Å²) in [4.78, 5) is 18.4. The molecule has 0 bridgehead atoms. The van der Waals surface area contributed by atoms with Crippen molar-refractivity contribution in [2.24, 2.45) is 5.92 Å². The van der Waals surface area contributed by atoms with Gasteiger partial charge in [0.05, 0.1) is 12.1 Å². The summed E-state index contributed by atoms with van der Waals surface area (Å²) >= 11 is 0. The van der Waals surface area contributed by atoms with Gasteiger partial charge in [-0.05, 0) is 73.8 Å². The Labute approximate surface area is 192 Å². The number of halogens is 4. The topological polar surface area (TPSA) is 97.6 Å². The van der Waals surface area contributed by atoms with Gasteiger partial charge in [0, 0.05) is 17.8 Å². The van der Waals surface area contributed by atoms with E-state index in [9.17, 15) is 22.4 Å². The maximum absolute atomic E-state index is 13.5. The van der Waals surface area contributed by atoms with E-state index >= 15 is 0 Å². The van der Waals surface area contributed by atoms with Crippen molar-refractivity contribution in [3.8, 4) is 11.4 Å². The first kappa shape index (κ1) is 23.7. The Kier molecular flexibility index (Phi) is 6.87. The van der Waals surface area contributed by atoms with Crippen LogP contribution in [0.2, 0.25) is 0 Å². The summed E-state index contributed by atoms with van der Waals surface area (Å²) in [6.45, 7) is 4.06. The van der Waals surface area contributed by atoms with Crippen molar-refractivity contribution in [3.63, 3.8) is 0 Å². The van der Waals surface area contributed by atoms with Crippen molar-refractivity contribution < 1.29 is 22.4 Å². The number of alkyl halides is 3. The molecule has 2 N–H and O–H groups in total. The molecule has 4 rings (SSSR count). The summed E-state index contributed by atoms with van der Waals surface area (Å²) in [5, 5.41) is 18.5. The number of piperidine rings is 1. The smallest absolute Gasteiger partial charge is 0.347 e. The number of rotatable bonds is 6. The number of carbonyl (C=O) groups excluding carboxylic acids is 1. The molecule has 0 atom stereocenters. The fourth-order valence-electron chi connectivity index (χ4n) is 3.82. The molecule has 12 heteroatoms. The maximum Gasteiger partial charge on any atom is 0.419 e. The highest BCUT2D eigenvalue weighted by Gasteiger charge is 2.34. The van der Waals surface area contributed by atoms with Crippen LogP contribution in [0.4, 0.5) is 17.6 Å². The van der Waals surface area contributed by atoms with Crippen LogP contribution in [0, 0.1) is 18.7 Å². The van der Waals surface area contributed by atoms with E-state index in [-0.39, 0.29) is 17.8 Å². The number of aromatic nitrogens is 5. The van der Waals surface area contributed by atoms with Gasteiger partial charge in [0.2, 0.25) is 5.82 Å². The third-order valence-electron chi connectivity index (χ3n) is 5.57. The van der Waals surface area contributed by atoms with Crippen LogP contribution in [0.5, 0.6) is 0 Å². The molecule has 0 spiro atoms. The Morgan fingerprint density at radius 2 is 1.97 bits per heavy atom. The summed E-state index contributed by atoms with van der Waals surface area (Å²) < 4.78 is 52.2. The van der Waals surface area contributed by atoms with E-state index < -0.39 is 23.5 Å². The number of hydrogen-bond donors (Lipinski definition) is 2. The van der Waals surface area contributed by atoms with E-state index in [1.165, 1.54) is 12.1 Å². The molecule has 0 saturated carbocycles. The zero-order chi connectivity index (χ0) is 24.3. The van der Waals surface area contributed by atoms with Gasteiger partial charge in [-0.25, -0.2) is 9.37 Å². The monoisotopic (exact) mass is 477 g/mol. The molecular formula is C22H23F4N7O. The lowest BCUT2D eigenvalue weighted by atomic mass is 9.99. The van der Waals surface area contributed by atoms with Crippen LogP contribution in [0.3, 0.4) is 0 Å². The number of amides is 1. The Morgan fingerprint density at radius 3 is 2.71 bits per heavy atom. The van der Waals surface area contributed by atoms with E-state index in [2.05, 4.69) is 31.0 Å². The van der Waals surface area contributed by atoms with E-state index in [0.29, 0.717) is 35.6 Å². The number of pyridine rings is 1. The molecule has 0 radical (unpaired) electrons. The van der Waals surface area contributed by atoms with Crippen molar-refractivity contribution >= 4 is 5.91 Å². The van der Waals surface area contributed by atoms with Crippen LogP contribution >= 0.6 is 0 Å². The molecule has 180 valence electrons. The maximum atomic E-state index is 13.5. The Morgan fingerprint density at radius 1 is 1.21 bits per heavy atom. The highest BCUT2D eigenvalue weighted by Crippen LogP contribution is 2.31. The third-order valence-corrected chi connectivity index (χ3v) is 5.57. The molecule has 1 amide bonds. The van der Waals surface area contributed by atoms with Crippen LogP contribution in [0.25, 0.3) is 11.4 Å². The van der Waals surface area contributed by atoms with Gasteiger partial charge in [-0.1, -0.05) is 6.07 Å². The summed E-state index contributed by atoms with van der Waals surface area (Å²) in [7, 11) is 0. The van der Waals surface area contributed by atoms with Gasteiger partial charge in [-0.2, -0.15) is 18.0 Å². The number of carbonyl (C=O) groups is 1. The van der Waals surface area contributed by atoms with Crippen molar-refractivity contribution in [2.75, 3.05) is 13.1 Å². The van der Waals surface area contributed by atoms with Gasteiger partial charge in [0.15, 0.2) is 0 Å². The molecule has 1 aromatic carbocycles. The molecule has 1 fully saturated rings. The first-order valence-electron chi connectivity index (χ1n) is 10.8. The molecular weight excluding hydrogens is 454 g/mol. The number of nitrogens with zero attached hydrogens (tertiary/aromatic N) is 5. The molecule has 2 aromatic heterocycles. The fraction of sp³-hybridized carbons (Fsp3) is 0.409. The van der Waals surface area contributed by atoms with Crippen molar-refractivity contribution in [3.05, 3.63) is 58.7 Å². The summed E-state index contributed by atoms with van der Waals surface area (Å²) in [5.74, 6) is -1.15. The third kappa shape index (κ3) is 5.74. The molecule has 3 aromatic rings. The Hall–Kier alpha value is -3.41. The average molecular weight is 477 g/mol. The number of nitrogens with one attached hydrogen (secondary N) is 2. The standard InChI is InChI=1S/C22H23F4N7O/c1-13-8-16(20-30-32-33(31-20)12-14-4-6-27-7-5-14)10-19(29-13)21(34)28-11-15-2-3-18(23)17(9-15)22(24,25)26/h2-3,8-10,14,27H,4-7,11-12H2,1H3,(H,28,34). The molecule has 0 unspecified atom stereocenters. The Balaban J connectivity index is 1.45. The minimum atomic E-state index is -4.82. The SMILES string of the molecule is Cc1cc(-c2nnn(CC3CCNCC3)n2)cc(C(=O)NCc2ccc(F)c(C(F)(F)F)c2)n1. The average Bonchev–Trinajstić information content (AvgIpc) is 3.26. The number of tetrazole rings is 1. The minimum Gasteiger partial charge on any atom is -0.347 e. The molecule has 1 aliphatic heterocycles. The molecule has 0 aliphatic carbocycles. The lowest BCUT2D eigenvalue weighted by molar-refractivity contribution is -0.140. The fourth-order valence-corrected chi connectivity index (χ4v) is 3.82. The molecule has 1 saturated heterocycles. The van der Waals surface area contributed by atoms with E-state index in [4.69, 9.17) is 0 Å². The predicted octanol–water partition coefficient (Wildman–Crippen LogP) is 3.13. The van der Waals surface area contributed by atoms with E-state index in [0.717, 1.165) is 32.0 Å². The van der Waals surface area contributed by atoms with Gasteiger partial charge < -0.3 is 10.6 Å². The van der Waals surface area contributed by atoms with Gasteiger partial charge >= 0.3 is 6.18 Å². The highest BCUT2D eigenvalue weighted by molar-refractivity contribution is 5.93. The molecule has 1 aliphatic rings.